The van der Waals surface area contributed by atoms with E-state index in [0.29, 0.717) is 0 Å². The molecule has 0 amide bonds. The molecule has 5 nitrogen and oxygen atoms in total. The van der Waals surface area contributed by atoms with E-state index in [9.17, 15) is 4.79 Å². The number of hydrogen-bond donors (Lipinski definition) is 4. The molecule has 5 heteroatoms. The van der Waals surface area contributed by atoms with Crippen molar-refractivity contribution < 1.29 is 20.1 Å². The average molecular weight is 161 g/mol. The highest BCUT2D eigenvalue weighted by molar-refractivity contribution is 5.73. The number of aliphatic carboxylic acids is 1. The number of rotatable bonds is 4. The van der Waals surface area contributed by atoms with Crippen molar-refractivity contribution in [3.05, 3.63) is 12.3 Å². The molecule has 0 unspecified atom stereocenters. The zero-order valence-corrected chi connectivity index (χ0v) is 6.06. The van der Waals surface area contributed by atoms with Gasteiger partial charge in [0.1, 0.15) is 6.10 Å². The van der Waals surface area contributed by atoms with Crippen molar-refractivity contribution in [1.29, 1.82) is 0 Å². The van der Waals surface area contributed by atoms with E-state index in [4.69, 9.17) is 15.3 Å². The summed E-state index contributed by atoms with van der Waals surface area (Å²) in [7, 11) is 1.59. The molecule has 0 aromatic heterocycles. The Morgan fingerprint density at radius 1 is 1.55 bits per heavy atom. The maximum Gasteiger partial charge on any atom is 0.335 e. The largest absolute Gasteiger partial charge is 0.479 e. The van der Waals surface area contributed by atoms with Gasteiger partial charge in [0.15, 0.2) is 6.10 Å². The Morgan fingerprint density at radius 2 is 2.09 bits per heavy atom. The molecule has 0 spiro atoms. The average Bonchev–Trinajstić information content (AvgIpc) is 1.98. The Labute approximate surface area is 64.0 Å². The van der Waals surface area contributed by atoms with Crippen molar-refractivity contribution >= 4 is 5.97 Å². The molecule has 0 aromatic rings. The number of carbonyl (C=O) groups is 1. The molecule has 0 saturated carbocycles. The van der Waals surface area contributed by atoms with Crippen LogP contribution in [0.5, 0.6) is 0 Å². The Morgan fingerprint density at radius 3 is 2.45 bits per heavy atom. The summed E-state index contributed by atoms with van der Waals surface area (Å²) in [6, 6.07) is 0. The Kier molecular flexibility index (Phi) is 4.24. The third-order valence-corrected chi connectivity index (χ3v) is 1.04. The zero-order chi connectivity index (χ0) is 8.85. The van der Waals surface area contributed by atoms with Gasteiger partial charge in [-0.1, -0.05) is 0 Å². The van der Waals surface area contributed by atoms with Gasteiger partial charge >= 0.3 is 5.97 Å². The minimum Gasteiger partial charge on any atom is -0.479 e. The summed E-state index contributed by atoms with van der Waals surface area (Å²) in [5, 5.41) is 28.3. The first-order chi connectivity index (χ1) is 5.09. The van der Waals surface area contributed by atoms with Gasteiger partial charge in [0, 0.05) is 7.05 Å². The highest BCUT2D eigenvalue weighted by Crippen LogP contribution is 1.94. The van der Waals surface area contributed by atoms with Crippen molar-refractivity contribution in [3.8, 4) is 0 Å². The van der Waals surface area contributed by atoms with E-state index in [0.717, 1.165) is 6.08 Å². The van der Waals surface area contributed by atoms with Crippen LogP contribution >= 0.6 is 0 Å². The molecule has 4 N–H and O–H groups in total. The van der Waals surface area contributed by atoms with Crippen molar-refractivity contribution in [2.45, 2.75) is 12.2 Å². The van der Waals surface area contributed by atoms with Gasteiger partial charge in [0.05, 0.1) is 0 Å². The lowest BCUT2D eigenvalue weighted by Gasteiger charge is -2.08. The van der Waals surface area contributed by atoms with Crippen LogP contribution in [-0.2, 0) is 4.79 Å². The zero-order valence-electron chi connectivity index (χ0n) is 6.06. The van der Waals surface area contributed by atoms with Gasteiger partial charge in [-0.05, 0) is 12.3 Å². The molecular weight excluding hydrogens is 150 g/mol. The van der Waals surface area contributed by atoms with Gasteiger partial charge in [0.25, 0.3) is 0 Å². The van der Waals surface area contributed by atoms with Crippen LogP contribution in [0.15, 0.2) is 12.3 Å². The van der Waals surface area contributed by atoms with Crippen LogP contribution < -0.4 is 5.32 Å². The number of carboxylic acids is 1. The van der Waals surface area contributed by atoms with Crippen LogP contribution in [0.3, 0.4) is 0 Å². The van der Waals surface area contributed by atoms with E-state index in [2.05, 4.69) is 5.32 Å². The number of nitrogens with one attached hydrogen (secondary N) is 1. The van der Waals surface area contributed by atoms with Gasteiger partial charge in [-0.25, -0.2) is 4.79 Å². The van der Waals surface area contributed by atoms with Gasteiger partial charge in [-0.3, -0.25) is 0 Å². The predicted octanol–water partition coefficient (Wildman–Crippen LogP) is -1.47. The summed E-state index contributed by atoms with van der Waals surface area (Å²) >= 11 is 0. The minimum atomic E-state index is -1.76. The molecule has 0 heterocycles. The number of hydrogen-bond acceptors (Lipinski definition) is 4. The molecule has 0 aliphatic carbocycles. The fourth-order valence-corrected chi connectivity index (χ4v) is 0.446. The lowest BCUT2D eigenvalue weighted by molar-refractivity contribution is -0.150. The maximum absolute atomic E-state index is 10.0. The van der Waals surface area contributed by atoms with E-state index in [1.54, 1.807) is 7.05 Å². The quantitative estimate of drug-likeness (QED) is 0.404. The van der Waals surface area contributed by atoms with Gasteiger partial charge in [-0.2, -0.15) is 0 Å². The normalized spacial score (nSPS) is 16.3. The number of carboxylic acid groups (broad SMARTS) is 1. The topological polar surface area (TPSA) is 89.8 Å². The number of aliphatic hydroxyl groups excluding tert-OH is 2. The SMILES string of the molecule is CN/C=C/[C@@H](O)[C@@H](O)C(=O)O. The molecule has 0 saturated heterocycles. The minimum absolute atomic E-state index is 1.15. The van der Waals surface area contributed by atoms with Crippen LogP contribution in [0.4, 0.5) is 0 Å². The second-order valence-corrected chi connectivity index (χ2v) is 1.92. The summed E-state index contributed by atoms with van der Waals surface area (Å²) in [6.07, 6.45) is -0.644. The molecule has 0 aromatic carbocycles. The molecule has 0 rings (SSSR count). The predicted molar refractivity (Wildman–Crippen MR) is 37.8 cm³/mol. The van der Waals surface area contributed by atoms with Crippen molar-refractivity contribution in [2.75, 3.05) is 7.05 Å². The molecule has 0 aliphatic heterocycles. The first kappa shape index (κ1) is 9.93. The Bertz CT molecular complexity index is 157. The van der Waals surface area contributed by atoms with Crippen LogP contribution in [-0.4, -0.2) is 40.5 Å². The van der Waals surface area contributed by atoms with Crippen molar-refractivity contribution in [3.63, 3.8) is 0 Å². The molecule has 0 aliphatic rings. The maximum atomic E-state index is 10.0. The van der Waals surface area contributed by atoms with Crippen LogP contribution in [0.25, 0.3) is 0 Å². The second-order valence-electron chi connectivity index (χ2n) is 1.92. The Hall–Kier alpha value is -1.07. The third kappa shape index (κ3) is 3.59. The molecule has 64 valence electrons. The lowest BCUT2D eigenvalue weighted by Crippen LogP contribution is -2.32. The second kappa shape index (κ2) is 4.70. The fourth-order valence-electron chi connectivity index (χ4n) is 0.446. The van der Waals surface area contributed by atoms with E-state index in [1.165, 1.54) is 6.20 Å². The molecule has 11 heavy (non-hydrogen) atoms. The summed E-state index contributed by atoms with van der Waals surface area (Å²) in [6.45, 7) is 0. The highest BCUT2D eigenvalue weighted by Gasteiger charge is 2.20. The number of aliphatic hydroxyl groups is 2. The highest BCUT2D eigenvalue weighted by atomic mass is 16.4. The summed E-state index contributed by atoms with van der Waals surface area (Å²) < 4.78 is 0. The monoisotopic (exact) mass is 161 g/mol. The van der Waals surface area contributed by atoms with E-state index in [-0.39, 0.29) is 0 Å². The van der Waals surface area contributed by atoms with Gasteiger partial charge in [0.2, 0.25) is 0 Å². The summed E-state index contributed by atoms with van der Waals surface area (Å²) in [5.74, 6) is -1.45. The van der Waals surface area contributed by atoms with E-state index < -0.39 is 18.2 Å². The smallest absolute Gasteiger partial charge is 0.335 e. The van der Waals surface area contributed by atoms with E-state index >= 15 is 0 Å². The molecule has 0 radical (unpaired) electrons. The molecular formula is C6H11NO4. The fraction of sp³-hybridized carbons (Fsp3) is 0.500. The van der Waals surface area contributed by atoms with Crippen LogP contribution in [0.2, 0.25) is 0 Å². The third-order valence-electron chi connectivity index (χ3n) is 1.04. The molecule has 0 fully saturated rings. The first-order valence-electron chi connectivity index (χ1n) is 3.02. The van der Waals surface area contributed by atoms with Gasteiger partial charge < -0.3 is 20.6 Å². The molecule has 2 atom stereocenters. The van der Waals surface area contributed by atoms with Crippen LogP contribution in [0, 0.1) is 0 Å². The standard InChI is InChI=1S/C6H11NO4/c1-7-3-2-4(8)5(9)6(10)11/h2-5,7-9H,1H3,(H,10,11)/b3-2+/t4-,5-/m1/s1. The molecule has 0 bridgehead atoms. The van der Waals surface area contributed by atoms with Crippen LogP contribution in [0.1, 0.15) is 0 Å². The lowest BCUT2D eigenvalue weighted by atomic mass is 10.2. The van der Waals surface area contributed by atoms with Crippen molar-refractivity contribution in [1.82, 2.24) is 5.32 Å². The summed E-state index contributed by atoms with van der Waals surface area (Å²) in [4.78, 5) is 10.0. The Balaban J connectivity index is 3.91. The first-order valence-corrected chi connectivity index (χ1v) is 3.02. The van der Waals surface area contributed by atoms with Crippen molar-refractivity contribution in [2.24, 2.45) is 0 Å². The van der Waals surface area contributed by atoms with E-state index in [1.807, 2.05) is 0 Å². The van der Waals surface area contributed by atoms with Gasteiger partial charge in [-0.15, -0.1) is 0 Å². The summed E-state index contributed by atoms with van der Waals surface area (Å²) in [5.41, 5.74) is 0.